The molecule has 0 saturated heterocycles. The van der Waals surface area contributed by atoms with Crippen molar-refractivity contribution in [3.63, 3.8) is 0 Å². The van der Waals surface area contributed by atoms with Crippen LogP contribution in [0.15, 0.2) is 76.2 Å². The Bertz CT molecular complexity index is 1150. The van der Waals surface area contributed by atoms with Crippen molar-refractivity contribution in [2.45, 2.75) is 24.8 Å². The van der Waals surface area contributed by atoms with E-state index in [4.69, 9.17) is 16.0 Å². The Balaban J connectivity index is 1.75. The Morgan fingerprint density at radius 1 is 1.06 bits per heavy atom. The highest BCUT2D eigenvalue weighted by atomic mass is 35.5. The number of furan rings is 1. The summed E-state index contributed by atoms with van der Waals surface area (Å²) in [6.45, 7) is 5.99. The molecule has 170 valence electrons. The van der Waals surface area contributed by atoms with Crippen LogP contribution in [0, 0.1) is 0 Å². The summed E-state index contributed by atoms with van der Waals surface area (Å²) in [6.07, 6.45) is 1.61. The van der Waals surface area contributed by atoms with E-state index in [1.165, 1.54) is 18.2 Å². The van der Waals surface area contributed by atoms with E-state index in [2.05, 4.69) is 14.9 Å². The first-order valence-electron chi connectivity index (χ1n) is 10.3. The maximum atomic E-state index is 12.8. The zero-order valence-corrected chi connectivity index (χ0v) is 19.5. The van der Waals surface area contributed by atoms with Crippen molar-refractivity contribution in [1.29, 1.82) is 0 Å². The molecule has 1 amide bonds. The van der Waals surface area contributed by atoms with Gasteiger partial charge in [0.25, 0.3) is 15.9 Å². The van der Waals surface area contributed by atoms with Crippen molar-refractivity contribution in [3.05, 3.63) is 83.3 Å². The van der Waals surface area contributed by atoms with Gasteiger partial charge in [0.2, 0.25) is 0 Å². The minimum absolute atomic E-state index is 0.0311. The Hall–Kier alpha value is -2.81. The van der Waals surface area contributed by atoms with Gasteiger partial charge in [-0.3, -0.25) is 14.4 Å². The third-order valence-corrected chi connectivity index (χ3v) is 6.80. The van der Waals surface area contributed by atoms with Crippen LogP contribution in [-0.2, 0) is 10.0 Å². The highest BCUT2D eigenvalue weighted by Crippen LogP contribution is 2.24. The molecule has 1 atom stereocenters. The molecule has 32 heavy (non-hydrogen) atoms. The number of carbonyl (C=O) groups excluding carboxylic acids is 1. The number of hydrogen-bond acceptors (Lipinski definition) is 5. The van der Waals surface area contributed by atoms with Gasteiger partial charge >= 0.3 is 0 Å². The molecular formula is C23H26ClN3O4S. The predicted molar refractivity (Wildman–Crippen MR) is 125 cm³/mol. The van der Waals surface area contributed by atoms with E-state index in [-0.39, 0.29) is 33.1 Å². The number of hydrogen-bond donors (Lipinski definition) is 2. The molecule has 0 aliphatic carbocycles. The normalized spacial score (nSPS) is 12.5. The van der Waals surface area contributed by atoms with Crippen molar-refractivity contribution < 1.29 is 17.6 Å². The number of rotatable bonds is 10. The van der Waals surface area contributed by atoms with E-state index in [0.29, 0.717) is 6.54 Å². The van der Waals surface area contributed by atoms with Gasteiger partial charge in [-0.15, -0.1) is 0 Å². The third-order valence-electron chi connectivity index (χ3n) is 5.11. The fourth-order valence-corrected chi connectivity index (χ4v) is 4.76. The molecule has 1 unspecified atom stereocenters. The molecule has 7 nitrogen and oxygen atoms in total. The van der Waals surface area contributed by atoms with Gasteiger partial charge in [-0.25, -0.2) is 8.42 Å². The fraction of sp³-hybridized carbons (Fsp3) is 0.261. The van der Waals surface area contributed by atoms with Gasteiger partial charge in [0.1, 0.15) is 5.76 Å². The second-order valence-corrected chi connectivity index (χ2v) is 9.17. The Morgan fingerprint density at radius 3 is 2.47 bits per heavy atom. The summed E-state index contributed by atoms with van der Waals surface area (Å²) in [5.41, 5.74) is 0.509. The van der Waals surface area contributed by atoms with Crippen LogP contribution >= 0.6 is 11.6 Å². The van der Waals surface area contributed by atoms with E-state index in [1.807, 2.05) is 26.0 Å². The first-order valence-corrected chi connectivity index (χ1v) is 12.1. The average Bonchev–Trinajstić information content (AvgIpc) is 3.32. The molecule has 1 heterocycles. The lowest BCUT2D eigenvalue weighted by atomic mass is 10.1. The molecule has 2 N–H and O–H groups in total. The van der Waals surface area contributed by atoms with Crippen LogP contribution in [0.1, 0.15) is 36.0 Å². The van der Waals surface area contributed by atoms with Crippen molar-refractivity contribution in [2.75, 3.05) is 24.4 Å². The molecule has 3 aromatic rings. The number of likely N-dealkylation sites (N-methyl/N-ethyl adjacent to an activating group) is 1. The number of nitrogens with one attached hydrogen (secondary N) is 2. The maximum absolute atomic E-state index is 12.8. The molecule has 0 fully saturated rings. The second-order valence-electron chi connectivity index (χ2n) is 7.08. The Labute approximate surface area is 193 Å². The topological polar surface area (TPSA) is 91.7 Å². The van der Waals surface area contributed by atoms with Gasteiger partial charge in [-0.05, 0) is 55.6 Å². The van der Waals surface area contributed by atoms with Crippen LogP contribution < -0.4 is 10.0 Å². The summed E-state index contributed by atoms with van der Waals surface area (Å²) in [5.74, 6) is 0.387. The molecule has 0 aliphatic rings. The van der Waals surface area contributed by atoms with E-state index in [1.54, 1.807) is 36.6 Å². The fourth-order valence-electron chi connectivity index (χ4n) is 3.40. The summed E-state index contributed by atoms with van der Waals surface area (Å²) in [4.78, 5) is 15.0. The molecule has 1 aromatic heterocycles. The first kappa shape index (κ1) is 23.8. The van der Waals surface area contributed by atoms with Gasteiger partial charge in [-0.1, -0.05) is 43.6 Å². The highest BCUT2D eigenvalue weighted by molar-refractivity contribution is 7.92. The number of amides is 1. The van der Waals surface area contributed by atoms with Crippen LogP contribution in [-0.4, -0.2) is 38.9 Å². The van der Waals surface area contributed by atoms with Gasteiger partial charge in [-0.2, -0.15) is 0 Å². The lowest BCUT2D eigenvalue weighted by Gasteiger charge is -2.28. The lowest BCUT2D eigenvalue weighted by molar-refractivity contribution is 0.0929. The smallest absolute Gasteiger partial charge is 0.261 e. The average molecular weight is 476 g/mol. The lowest BCUT2D eigenvalue weighted by Crippen LogP contribution is -2.38. The summed E-state index contributed by atoms with van der Waals surface area (Å²) >= 11 is 6.06. The number of nitrogens with zero attached hydrogens (tertiary/aromatic N) is 1. The van der Waals surface area contributed by atoms with Crippen LogP contribution in [0.25, 0.3) is 0 Å². The zero-order valence-electron chi connectivity index (χ0n) is 17.9. The van der Waals surface area contributed by atoms with Crippen LogP contribution in [0.2, 0.25) is 5.02 Å². The van der Waals surface area contributed by atoms with Gasteiger partial charge in [0.05, 0.1) is 27.9 Å². The Kier molecular flexibility index (Phi) is 7.95. The number of carbonyl (C=O) groups is 1. The molecule has 0 radical (unpaired) electrons. The molecule has 0 saturated carbocycles. The molecule has 0 aliphatic heterocycles. The quantitative estimate of drug-likeness (QED) is 0.449. The first-order chi connectivity index (χ1) is 15.4. The monoisotopic (exact) mass is 475 g/mol. The molecule has 3 rings (SSSR count). The van der Waals surface area contributed by atoms with Gasteiger partial charge in [0.15, 0.2) is 0 Å². The van der Waals surface area contributed by atoms with Crippen molar-refractivity contribution >= 4 is 33.2 Å². The van der Waals surface area contributed by atoms with E-state index in [0.717, 1.165) is 18.8 Å². The number of anilines is 1. The van der Waals surface area contributed by atoms with E-state index in [9.17, 15) is 13.2 Å². The third kappa shape index (κ3) is 5.70. The number of benzene rings is 2. The van der Waals surface area contributed by atoms with Crippen molar-refractivity contribution in [2.24, 2.45) is 0 Å². The van der Waals surface area contributed by atoms with Crippen molar-refractivity contribution in [1.82, 2.24) is 10.2 Å². The number of sulfonamides is 1. The summed E-state index contributed by atoms with van der Waals surface area (Å²) < 4.78 is 33.6. The SMILES string of the molecule is CCN(CC)C(CNC(=O)c1cccc(S(=O)(=O)Nc2ccccc2Cl)c1)c1ccco1. The molecule has 0 spiro atoms. The Morgan fingerprint density at radius 2 is 1.81 bits per heavy atom. The molecule has 0 bridgehead atoms. The summed E-state index contributed by atoms with van der Waals surface area (Å²) in [7, 11) is -3.92. The minimum Gasteiger partial charge on any atom is -0.468 e. The number of halogens is 1. The van der Waals surface area contributed by atoms with E-state index < -0.39 is 10.0 Å². The number of para-hydroxylation sites is 1. The predicted octanol–water partition coefficient (Wildman–Crippen LogP) is 4.55. The van der Waals surface area contributed by atoms with Crippen LogP contribution in [0.3, 0.4) is 0 Å². The van der Waals surface area contributed by atoms with Crippen LogP contribution in [0.5, 0.6) is 0 Å². The maximum Gasteiger partial charge on any atom is 0.261 e. The largest absolute Gasteiger partial charge is 0.468 e. The summed E-state index contributed by atoms with van der Waals surface area (Å²) in [6, 6.07) is 16.0. The van der Waals surface area contributed by atoms with Crippen LogP contribution in [0.4, 0.5) is 5.69 Å². The molecular weight excluding hydrogens is 450 g/mol. The zero-order chi connectivity index (χ0) is 23.1. The van der Waals surface area contributed by atoms with Gasteiger partial charge in [0, 0.05) is 12.1 Å². The minimum atomic E-state index is -3.92. The summed E-state index contributed by atoms with van der Waals surface area (Å²) in [5, 5.41) is 3.18. The standard InChI is InChI=1S/C23H26ClN3O4S/c1-3-27(4-2)21(22-13-8-14-31-22)16-25-23(28)17-9-7-10-18(15-17)32(29,30)26-20-12-6-5-11-19(20)24/h5-15,21,26H,3-4,16H2,1-2H3,(H,25,28). The van der Waals surface area contributed by atoms with E-state index >= 15 is 0 Å². The second kappa shape index (κ2) is 10.7. The highest BCUT2D eigenvalue weighted by Gasteiger charge is 2.22. The molecule has 2 aromatic carbocycles. The van der Waals surface area contributed by atoms with Gasteiger partial charge < -0.3 is 9.73 Å². The van der Waals surface area contributed by atoms with Crippen molar-refractivity contribution in [3.8, 4) is 0 Å². The molecule has 9 heteroatoms.